The Morgan fingerprint density at radius 3 is 2.77 bits per heavy atom. The lowest BCUT2D eigenvalue weighted by molar-refractivity contribution is 0.0954. The predicted octanol–water partition coefficient (Wildman–Crippen LogP) is 3.26. The van der Waals surface area contributed by atoms with E-state index in [1.54, 1.807) is 6.07 Å². The molecular weight excluding hydrogens is 439 g/mol. The number of carbonyl (C=O) groups is 1. The molecule has 0 radical (unpaired) electrons. The van der Waals surface area contributed by atoms with E-state index in [9.17, 15) is 4.79 Å². The maximum absolute atomic E-state index is 12.0. The molecule has 138 valence electrons. The minimum atomic E-state index is -0.0935. The van der Waals surface area contributed by atoms with Gasteiger partial charge in [-0.15, -0.1) is 24.0 Å². The van der Waals surface area contributed by atoms with Gasteiger partial charge in [0, 0.05) is 17.8 Å². The minimum absolute atomic E-state index is 0. The zero-order valence-corrected chi connectivity index (χ0v) is 17.2. The van der Waals surface area contributed by atoms with Gasteiger partial charge in [-0.25, -0.2) is 0 Å². The highest BCUT2D eigenvalue weighted by Crippen LogP contribution is 2.24. The van der Waals surface area contributed by atoms with E-state index in [-0.39, 0.29) is 29.9 Å². The van der Waals surface area contributed by atoms with Crippen LogP contribution >= 0.6 is 24.0 Å². The average molecular weight is 464 g/mol. The van der Waals surface area contributed by atoms with Crippen LogP contribution in [-0.2, 0) is 12.8 Å². The van der Waals surface area contributed by atoms with Crippen LogP contribution in [0.2, 0.25) is 0 Å². The lowest BCUT2D eigenvalue weighted by Gasteiger charge is -2.08. The summed E-state index contributed by atoms with van der Waals surface area (Å²) in [6, 6.07) is 13.8. The largest absolute Gasteiger partial charge is 0.370 e. The first kappa shape index (κ1) is 20.2. The number of aliphatic imine (C=N–C) groups is 1. The Balaban J connectivity index is 0.00000243. The average Bonchev–Trinajstić information content (AvgIpc) is 3.06. The number of rotatable bonds is 5. The third-order valence-corrected chi connectivity index (χ3v) is 4.33. The highest BCUT2D eigenvalue weighted by atomic mass is 127. The molecule has 5 nitrogen and oxygen atoms in total. The normalized spacial score (nSPS) is 12.9. The van der Waals surface area contributed by atoms with Gasteiger partial charge in [0.15, 0.2) is 5.96 Å². The smallest absolute Gasteiger partial charge is 0.251 e. The fourth-order valence-electron chi connectivity index (χ4n) is 3.07. The van der Waals surface area contributed by atoms with Gasteiger partial charge in [0.05, 0.1) is 6.54 Å². The Labute approximate surface area is 171 Å². The van der Waals surface area contributed by atoms with E-state index >= 15 is 0 Å². The fraction of sp³-hybridized carbons (Fsp3) is 0.300. The van der Waals surface area contributed by atoms with Crippen LogP contribution in [0.1, 0.15) is 33.5 Å². The molecule has 1 aliphatic carbocycles. The number of benzene rings is 2. The summed E-state index contributed by atoms with van der Waals surface area (Å²) in [5.41, 5.74) is 11.4. The molecule has 6 heteroatoms. The molecule has 0 heterocycles. The van der Waals surface area contributed by atoms with Crippen LogP contribution in [0, 0.1) is 6.92 Å². The highest BCUT2D eigenvalue weighted by Gasteiger charge is 2.10. The predicted molar refractivity (Wildman–Crippen MR) is 118 cm³/mol. The van der Waals surface area contributed by atoms with Crippen molar-refractivity contribution < 1.29 is 4.79 Å². The lowest BCUT2D eigenvalue weighted by atomic mass is 10.1. The minimum Gasteiger partial charge on any atom is -0.370 e. The Kier molecular flexibility index (Phi) is 7.44. The van der Waals surface area contributed by atoms with Gasteiger partial charge < -0.3 is 16.4 Å². The summed E-state index contributed by atoms with van der Waals surface area (Å²) in [6.45, 7) is 2.84. The van der Waals surface area contributed by atoms with E-state index in [1.165, 1.54) is 24.0 Å². The fourth-order valence-corrected chi connectivity index (χ4v) is 3.07. The molecule has 0 aliphatic heterocycles. The molecule has 4 N–H and O–H groups in total. The lowest BCUT2D eigenvalue weighted by Crippen LogP contribution is -2.28. The number of hydrogen-bond donors (Lipinski definition) is 3. The molecule has 2 aromatic carbocycles. The van der Waals surface area contributed by atoms with Crippen LogP contribution in [0.3, 0.4) is 0 Å². The number of nitrogens with zero attached hydrogens (tertiary/aromatic N) is 1. The second-order valence-corrected chi connectivity index (χ2v) is 6.35. The Morgan fingerprint density at radius 1 is 1.15 bits per heavy atom. The second-order valence-electron chi connectivity index (χ2n) is 6.35. The molecule has 3 rings (SSSR count). The number of nitrogens with one attached hydrogen (secondary N) is 2. The quantitative estimate of drug-likeness (QED) is 0.275. The number of carbonyl (C=O) groups excluding carboxylic acids is 1. The first-order chi connectivity index (χ1) is 12.1. The first-order valence-electron chi connectivity index (χ1n) is 8.65. The Hall–Kier alpha value is -2.09. The first-order valence-corrected chi connectivity index (χ1v) is 8.65. The third-order valence-electron chi connectivity index (χ3n) is 4.33. The molecule has 0 saturated heterocycles. The zero-order chi connectivity index (χ0) is 17.6. The standard InChI is InChI=1S/C20H24N4O.HI/c1-14-4-2-7-17(12-14)19(25)22-10-11-23-20(21)24-18-9-8-15-5-3-6-16(15)13-18;/h2,4,7-9,12-13H,3,5-6,10-11H2,1H3,(H,22,25)(H3,21,23,24);1H. The van der Waals surface area contributed by atoms with Crippen molar-refractivity contribution >= 4 is 41.5 Å². The number of fused-ring (bicyclic) bond motifs is 1. The molecule has 0 atom stereocenters. The number of guanidine groups is 1. The number of anilines is 1. The summed E-state index contributed by atoms with van der Waals surface area (Å²) >= 11 is 0. The number of nitrogens with two attached hydrogens (primary N) is 1. The van der Waals surface area contributed by atoms with Crippen molar-refractivity contribution in [2.45, 2.75) is 26.2 Å². The van der Waals surface area contributed by atoms with E-state index in [0.29, 0.717) is 24.6 Å². The van der Waals surface area contributed by atoms with Gasteiger partial charge in [-0.1, -0.05) is 23.8 Å². The van der Waals surface area contributed by atoms with Crippen LogP contribution in [0.4, 0.5) is 5.69 Å². The Bertz CT molecular complexity index is 804. The van der Waals surface area contributed by atoms with Gasteiger partial charge in [0.25, 0.3) is 5.91 Å². The summed E-state index contributed by atoms with van der Waals surface area (Å²) in [5.74, 6) is 0.270. The summed E-state index contributed by atoms with van der Waals surface area (Å²) in [7, 11) is 0. The maximum Gasteiger partial charge on any atom is 0.251 e. The van der Waals surface area contributed by atoms with Crippen molar-refractivity contribution in [1.82, 2.24) is 5.32 Å². The van der Waals surface area contributed by atoms with E-state index in [0.717, 1.165) is 17.7 Å². The molecule has 0 unspecified atom stereocenters. The Morgan fingerprint density at radius 2 is 1.96 bits per heavy atom. The van der Waals surface area contributed by atoms with Gasteiger partial charge in [0.1, 0.15) is 0 Å². The van der Waals surface area contributed by atoms with Gasteiger partial charge in [0.2, 0.25) is 0 Å². The number of aryl methyl sites for hydroxylation is 3. The summed E-state index contributed by atoms with van der Waals surface area (Å²) in [4.78, 5) is 16.3. The maximum atomic E-state index is 12.0. The molecule has 2 aromatic rings. The molecule has 0 bridgehead atoms. The van der Waals surface area contributed by atoms with Crippen molar-refractivity contribution in [2.24, 2.45) is 10.7 Å². The van der Waals surface area contributed by atoms with Gasteiger partial charge in [-0.05, 0) is 61.6 Å². The van der Waals surface area contributed by atoms with E-state index < -0.39 is 0 Å². The van der Waals surface area contributed by atoms with Crippen LogP contribution in [0.15, 0.2) is 47.5 Å². The summed E-state index contributed by atoms with van der Waals surface area (Å²) in [5, 5.41) is 5.96. The molecule has 0 saturated carbocycles. The van der Waals surface area contributed by atoms with Crippen LogP contribution < -0.4 is 16.4 Å². The van der Waals surface area contributed by atoms with Gasteiger partial charge in [-0.3, -0.25) is 9.79 Å². The monoisotopic (exact) mass is 464 g/mol. The van der Waals surface area contributed by atoms with Crippen LogP contribution in [-0.4, -0.2) is 25.0 Å². The molecule has 26 heavy (non-hydrogen) atoms. The van der Waals surface area contributed by atoms with Crippen molar-refractivity contribution in [1.29, 1.82) is 0 Å². The highest BCUT2D eigenvalue weighted by molar-refractivity contribution is 14.0. The number of amides is 1. The molecule has 1 amide bonds. The third kappa shape index (κ3) is 5.45. The van der Waals surface area contributed by atoms with Crippen LogP contribution in [0.25, 0.3) is 0 Å². The molecule has 0 fully saturated rings. The zero-order valence-electron chi connectivity index (χ0n) is 14.9. The van der Waals surface area contributed by atoms with Crippen molar-refractivity contribution in [2.75, 3.05) is 18.4 Å². The van der Waals surface area contributed by atoms with Crippen molar-refractivity contribution in [3.63, 3.8) is 0 Å². The summed E-state index contributed by atoms with van der Waals surface area (Å²) < 4.78 is 0. The topological polar surface area (TPSA) is 79.5 Å². The van der Waals surface area contributed by atoms with Gasteiger partial charge in [-0.2, -0.15) is 0 Å². The van der Waals surface area contributed by atoms with Crippen molar-refractivity contribution in [3.05, 3.63) is 64.7 Å². The van der Waals surface area contributed by atoms with Crippen LogP contribution in [0.5, 0.6) is 0 Å². The SMILES string of the molecule is Cc1cccc(C(=O)NCCN=C(N)Nc2ccc3c(c2)CCC3)c1.I. The number of hydrogen-bond acceptors (Lipinski definition) is 2. The van der Waals surface area contributed by atoms with E-state index in [4.69, 9.17) is 5.73 Å². The van der Waals surface area contributed by atoms with E-state index in [1.807, 2.05) is 31.2 Å². The van der Waals surface area contributed by atoms with Gasteiger partial charge >= 0.3 is 0 Å². The summed E-state index contributed by atoms with van der Waals surface area (Å²) in [6.07, 6.45) is 3.52. The van der Waals surface area contributed by atoms with Crippen molar-refractivity contribution in [3.8, 4) is 0 Å². The molecule has 1 aliphatic rings. The molecule has 0 spiro atoms. The second kappa shape index (κ2) is 9.56. The number of halogens is 1. The van der Waals surface area contributed by atoms with E-state index in [2.05, 4.69) is 27.8 Å². The molecule has 0 aromatic heterocycles. The molecular formula is C20H25IN4O.